The highest BCUT2D eigenvalue weighted by molar-refractivity contribution is 5.89. The zero-order chi connectivity index (χ0) is 46.1. The number of hydrogen-bond donors (Lipinski definition) is 1. The predicted octanol–water partition coefficient (Wildman–Crippen LogP) is 6.09. The van der Waals surface area contributed by atoms with E-state index < -0.39 is 5.60 Å². The van der Waals surface area contributed by atoms with Gasteiger partial charge in [-0.2, -0.15) is 30.9 Å². The molecule has 14 rings (SSSR count). The Balaban J connectivity index is 0.000000151. The smallest absolute Gasteiger partial charge is 0.410 e. The van der Waals surface area contributed by atoms with E-state index in [0.717, 1.165) is 99.8 Å². The molecule has 6 fully saturated rings. The molecular formula is C49H48N16O2. The number of carbonyl (C=O) groups is 1. The quantitative estimate of drug-likeness (QED) is 0.202. The molecule has 1 N–H and O–H groups in total. The van der Waals surface area contributed by atoms with E-state index >= 15 is 0 Å². The molecule has 8 aromatic rings. The molecule has 336 valence electrons. The van der Waals surface area contributed by atoms with Crippen LogP contribution in [0.3, 0.4) is 0 Å². The summed E-state index contributed by atoms with van der Waals surface area (Å²) >= 11 is 0. The lowest BCUT2D eigenvalue weighted by molar-refractivity contribution is -0.0380. The number of ether oxygens (including phenoxy) is 1. The molecule has 4 bridgehead atoms. The highest BCUT2D eigenvalue weighted by atomic mass is 16.6. The number of anilines is 2. The molecule has 67 heavy (non-hydrogen) atoms. The molecular weight excluding hydrogens is 845 g/mol. The van der Waals surface area contributed by atoms with E-state index in [9.17, 15) is 15.3 Å². The highest BCUT2D eigenvalue weighted by Gasteiger charge is 2.49. The van der Waals surface area contributed by atoms with Gasteiger partial charge in [-0.3, -0.25) is 14.3 Å². The molecule has 0 aliphatic carbocycles. The zero-order valence-electron chi connectivity index (χ0n) is 37.8. The SMILES string of the molecule is Cn1cc(-c2cc(-c3ccc(N4CC5CC(C4)N5)nc3)c3c(C#N)cnn3c2)cn1.Cn1cc(-c2cc(-c3ccc(N4CC5CC(C4)N5C(=O)OC(C)(C)C)nc3)c3c(C#N)cnn3c2)cn1. The highest BCUT2D eigenvalue weighted by Crippen LogP contribution is 2.38. The maximum Gasteiger partial charge on any atom is 0.410 e. The van der Waals surface area contributed by atoms with Gasteiger partial charge in [0.15, 0.2) is 0 Å². The molecule has 0 saturated carbocycles. The minimum Gasteiger partial charge on any atom is -0.444 e. The first-order chi connectivity index (χ1) is 32.4. The second kappa shape index (κ2) is 16.1. The van der Waals surface area contributed by atoms with E-state index in [4.69, 9.17) is 14.7 Å². The molecule has 0 spiro atoms. The number of rotatable bonds is 6. The fourth-order valence-electron chi connectivity index (χ4n) is 9.88. The van der Waals surface area contributed by atoms with Crippen molar-refractivity contribution in [2.75, 3.05) is 36.0 Å². The Kier molecular flexibility index (Phi) is 10.0. The lowest BCUT2D eigenvalue weighted by atomic mass is 9.88. The van der Waals surface area contributed by atoms with Gasteiger partial charge >= 0.3 is 6.09 Å². The van der Waals surface area contributed by atoms with Crippen LogP contribution in [0.4, 0.5) is 16.4 Å². The first-order valence-electron chi connectivity index (χ1n) is 22.4. The Labute approximate surface area is 386 Å². The van der Waals surface area contributed by atoms with Gasteiger partial charge in [-0.05, 0) is 70.0 Å². The number of carbonyl (C=O) groups excluding carboxylic acids is 1. The second-order valence-electron chi connectivity index (χ2n) is 18.9. The third kappa shape index (κ3) is 7.74. The van der Waals surface area contributed by atoms with Crippen LogP contribution in [0.2, 0.25) is 0 Å². The van der Waals surface area contributed by atoms with Crippen molar-refractivity contribution >= 4 is 28.8 Å². The van der Waals surface area contributed by atoms with Crippen LogP contribution in [-0.2, 0) is 18.8 Å². The summed E-state index contributed by atoms with van der Waals surface area (Å²) in [6.45, 7) is 9.13. The molecule has 1 amide bonds. The van der Waals surface area contributed by atoms with Gasteiger partial charge in [0.2, 0.25) is 0 Å². The molecule has 0 aromatic carbocycles. The van der Waals surface area contributed by atoms with Gasteiger partial charge in [0, 0.05) is 134 Å². The van der Waals surface area contributed by atoms with E-state index in [1.807, 2.05) is 101 Å². The van der Waals surface area contributed by atoms with Crippen molar-refractivity contribution in [3.63, 3.8) is 0 Å². The average Bonchev–Trinajstić information content (AvgIpc) is 4.15. The first kappa shape index (κ1) is 41.6. The van der Waals surface area contributed by atoms with Crippen molar-refractivity contribution in [1.29, 1.82) is 10.5 Å². The molecule has 4 unspecified atom stereocenters. The van der Waals surface area contributed by atoms with Gasteiger partial charge < -0.3 is 19.9 Å². The van der Waals surface area contributed by atoms with E-state index in [-0.39, 0.29) is 18.2 Å². The summed E-state index contributed by atoms with van der Waals surface area (Å²) in [6, 6.07) is 18.3. The van der Waals surface area contributed by atoms with Crippen molar-refractivity contribution in [2.45, 2.75) is 63.4 Å². The summed E-state index contributed by atoms with van der Waals surface area (Å²) in [4.78, 5) is 28.6. The van der Waals surface area contributed by atoms with Crippen molar-refractivity contribution in [3.8, 4) is 56.6 Å². The minimum absolute atomic E-state index is 0.135. The largest absolute Gasteiger partial charge is 0.444 e. The van der Waals surface area contributed by atoms with Gasteiger partial charge in [0.25, 0.3) is 0 Å². The molecule has 6 saturated heterocycles. The van der Waals surface area contributed by atoms with Crippen LogP contribution in [0.5, 0.6) is 0 Å². The monoisotopic (exact) mass is 892 g/mol. The van der Waals surface area contributed by atoms with E-state index in [2.05, 4.69) is 71.9 Å². The molecule has 6 aliphatic heterocycles. The zero-order valence-corrected chi connectivity index (χ0v) is 37.8. The van der Waals surface area contributed by atoms with Crippen LogP contribution in [0.15, 0.2) is 98.4 Å². The summed E-state index contributed by atoms with van der Waals surface area (Å²) in [5, 5.41) is 40.2. The number of hydrogen-bond acceptors (Lipinski definition) is 13. The summed E-state index contributed by atoms with van der Waals surface area (Å²) in [7, 11) is 3.78. The third-order valence-corrected chi connectivity index (χ3v) is 13.0. The summed E-state index contributed by atoms with van der Waals surface area (Å²) in [5.74, 6) is 1.87. The number of amides is 1. The van der Waals surface area contributed by atoms with E-state index in [0.29, 0.717) is 23.2 Å². The topological polar surface area (TPSA) is 192 Å². The molecule has 18 heteroatoms. The van der Waals surface area contributed by atoms with E-state index in [1.165, 1.54) is 6.42 Å². The van der Waals surface area contributed by atoms with Crippen LogP contribution >= 0.6 is 0 Å². The minimum atomic E-state index is -0.501. The summed E-state index contributed by atoms with van der Waals surface area (Å²) in [5.41, 5.74) is 9.68. The molecule has 14 heterocycles. The molecule has 4 atom stereocenters. The number of nitriles is 2. The van der Waals surface area contributed by atoms with Gasteiger partial charge in [0.05, 0.1) is 59.0 Å². The van der Waals surface area contributed by atoms with Crippen LogP contribution in [0.25, 0.3) is 55.5 Å². The number of piperidine rings is 2. The van der Waals surface area contributed by atoms with E-state index in [1.54, 1.807) is 30.8 Å². The number of nitrogens with zero attached hydrogens (tertiary/aromatic N) is 15. The average molecular weight is 893 g/mol. The summed E-state index contributed by atoms with van der Waals surface area (Å²) < 4.78 is 12.6. The number of aromatic nitrogens is 10. The molecule has 8 aromatic heterocycles. The van der Waals surface area contributed by atoms with Crippen LogP contribution in [-0.4, -0.2) is 116 Å². The van der Waals surface area contributed by atoms with Crippen molar-refractivity contribution < 1.29 is 9.53 Å². The second-order valence-corrected chi connectivity index (χ2v) is 18.9. The number of pyridine rings is 4. The maximum atomic E-state index is 12.6. The van der Waals surface area contributed by atoms with Gasteiger partial charge in [-0.25, -0.2) is 23.8 Å². The normalized spacial score (nSPS) is 19.5. The standard InChI is InChI=1S/C27H28N8O2.C22H20N8/c1-27(2,3)37-26(36)35-21-8-22(35)16-33(15-21)24-6-5-17(10-29-24)23-7-18(20-12-30-32(4)13-20)14-34-25(23)19(9-28)11-31-34;1-28-10-17(9-25-28)15-4-20(22-16(6-23)8-26-30(22)11-15)14-2-3-21(24-7-14)29-12-18-5-19(13-29)27-18/h5-7,10-14,21-22H,8,15-16H2,1-4H3;2-4,7-11,18-19,27H,5,12-13H2,1H3. The molecule has 6 aliphatic rings. The van der Waals surface area contributed by atoms with Crippen molar-refractivity contribution in [3.05, 3.63) is 109 Å². The molecule has 18 nitrogen and oxygen atoms in total. The first-order valence-corrected chi connectivity index (χ1v) is 22.4. The number of nitrogens with one attached hydrogen (secondary N) is 1. The van der Waals surface area contributed by atoms with Gasteiger partial charge in [-0.15, -0.1) is 0 Å². The Hall–Kier alpha value is -8.09. The van der Waals surface area contributed by atoms with Gasteiger partial charge in [-0.1, -0.05) is 0 Å². The van der Waals surface area contributed by atoms with Gasteiger partial charge in [0.1, 0.15) is 29.4 Å². The fourth-order valence-corrected chi connectivity index (χ4v) is 9.88. The number of aryl methyl sites for hydroxylation is 2. The Morgan fingerprint density at radius 1 is 0.627 bits per heavy atom. The van der Waals surface area contributed by atoms with Crippen LogP contribution < -0.4 is 15.1 Å². The Bertz CT molecular complexity index is 3240. The summed E-state index contributed by atoms with van der Waals surface area (Å²) in [6.07, 6.45) is 20.4. The predicted molar refractivity (Wildman–Crippen MR) is 251 cm³/mol. The Morgan fingerprint density at radius 2 is 1.10 bits per heavy atom. The maximum absolute atomic E-state index is 12.6. The van der Waals surface area contributed by atoms with Crippen LogP contribution in [0, 0.1) is 22.7 Å². The Morgan fingerprint density at radius 3 is 1.51 bits per heavy atom. The number of fused-ring (bicyclic) bond motifs is 6. The lowest BCUT2D eigenvalue weighted by Gasteiger charge is -2.56. The molecule has 0 radical (unpaired) electrons. The third-order valence-electron chi connectivity index (χ3n) is 13.0. The fraction of sp³-hybridized carbons (Fsp3) is 0.327. The number of piperazine rings is 2. The van der Waals surface area contributed by atoms with Crippen molar-refractivity contribution in [1.82, 2.24) is 59.0 Å². The van der Waals surface area contributed by atoms with Crippen LogP contribution in [0.1, 0.15) is 44.7 Å². The lowest BCUT2D eigenvalue weighted by Crippen LogP contribution is -2.70. The van der Waals surface area contributed by atoms with Crippen molar-refractivity contribution in [2.24, 2.45) is 14.1 Å².